The Morgan fingerprint density at radius 1 is 1.29 bits per heavy atom. The summed E-state index contributed by atoms with van der Waals surface area (Å²) in [4.78, 5) is 20.1. The summed E-state index contributed by atoms with van der Waals surface area (Å²) in [7, 11) is 0. The number of carboxylic acid groups (broad SMARTS) is 1. The topological polar surface area (TPSA) is 75.1 Å². The highest BCUT2D eigenvalue weighted by molar-refractivity contribution is 5.89. The molecule has 0 saturated carbocycles. The first-order valence-electron chi connectivity index (χ1n) is 7.11. The van der Waals surface area contributed by atoms with Gasteiger partial charge in [-0.3, -0.25) is 9.97 Å². The van der Waals surface area contributed by atoms with Gasteiger partial charge >= 0.3 is 5.97 Å². The number of piperidine rings is 1. The highest BCUT2D eigenvalue weighted by atomic mass is 16.4. The van der Waals surface area contributed by atoms with Crippen molar-refractivity contribution in [3.8, 4) is 11.3 Å². The minimum absolute atomic E-state index is 0.269. The van der Waals surface area contributed by atoms with E-state index in [9.17, 15) is 4.79 Å². The van der Waals surface area contributed by atoms with Gasteiger partial charge in [-0.15, -0.1) is 0 Å². The van der Waals surface area contributed by atoms with Crippen LogP contribution in [0.25, 0.3) is 11.3 Å². The molecular formula is C16H17N3O2. The van der Waals surface area contributed by atoms with Crippen molar-refractivity contribution in [3.63, 3.8) is 0 Å². The van der Waals surface area contributed by atoms with E-state index in [1.807, 2.05) is 6.07 Å². The molecule has 2 N–H and O–H groups in total. The number of rotatable bonds is 3. The van der Waals surface area contributed by atoms with Crippen LogP contribution in [-0.2, 0) is 0 Å². The van der Waals surface area contributed by atoms with E-state index in [1.165, 1.54) is 0 Å². The number of aromatic carboxylic acids is 1. The zero-order chi connectivity index (χ0) is 14.7. The van der Waals surface area contributed by atoms with Crippen LogP contribution < -0.4 is 5.32 Å². The van der Waals surface area contributed by atoms with Crippen LogP contribution in [0.3, 0.4) is 0 Å². The third kappa shape index (κ3) is 2.92. The van der Waals surface area contributed by atoms with E-state index in [1.54, 1.807) is 30.6 Å². The van der Waals surface area contributed by atoms with Crippen molar-refractivity contribution >= 4 is 5.97 Å². The van der Waals surface area contributed by atoms with Crippen molar-refractivity contribution in [1.29, 1.82) is 0 Å². The van der Waals surface area contributed by atoms with Gasteiger partial charge in [0.2, 0.25) is 0 Å². The maximum Gasteiger partial charge on any atom is 0.335 e. The second-order valence-corrected chi connectivity index (χ2v) is 5.22. The Labute approximate surface area is 123 Å². The van der Waals surface area contributed by atoms with Crippen molar-refractivity contribution in [2.24, 2.45) is 0 Å². The van der Waals surface area contributed by atoms with E-state index in [0.717, 1.165) is 42.9 Å². The first-order chi connectivity index (χ1) is 10.3. The lowest BCUT2D eigenvalue weighted by Crippen LogP contribution is -2.29. The van der Waals surface area contributed by atoms with E-state index < -0.39 is 5.97 Å². The maximum atomic E-state index is 11.1. The summed E-state index contributed by atoms with van der Waals surface area (Å²) >= 11 is 0. The van der Waals surface area contributed by atoms with Crippen LogP contribution in [0.2, 0.25) is 0 Å². The quantitative estimate of drug-likeness (QED) is 0.904. The van der Waals surface area contributed by atoms with Crippen molar-refractivity contribution in [2.75, 3.05) is 13.1 Å². The molecule has 0 radical (unpaired) electrons. The average molecular weight is 283 g/mol. The Hall–Kier alpha value is -2.27. The Kier molecular flexibility index (Phi) is 3.92. The summed E-state index contributed by atoms with van der Waals surface area (Å²) < 4.78 is 0. The lowest BCUT2D eigenvalue weighted by molar-refractivity contribution is 0.0697. The predicted molar refractivity (Wildman–Crippen MR) is 79.3 cm³/mol. The molecule has 1 saturated heterocycles. The molecule has 0 amide bonds. The van der Waals surface area contributed by atoms with Crippen LogP contribution in [0.5, 0.6) is 0 Å². The molecule has 1 fully saturated rings. The fraction of sp³-hybridized carbons (Fsp3) is 0.312. The molecule has 1 aromatic carbocycles. The maximum absolute atomic E-state index is 11.1. The predicted octanol–water partition coefficient (Wildman–Crippen LogP) is 2.31. The van der Waals surface area contributed by atoms with Gasteiger partial charge in [0.05, 0.1) is 17.0 Å². The van der Waals surface area contributed by atoms with Crippen molar-refractivity contribution in [1.82, 2.24) is 15.3 Å². The second-order valence-electron chi connectivity index (χ2n) is 5.22. The fourth-order valence-electron chi connectivity index (χ4n) is 2.75. The van der Waals surface area contributed by atoms with Crippen LogP contribution in [-0.4, -0.2) is 34.1 Å². The van der Waals surface area contributed by atoms with Crippen LogP contribution in [0.1, 0.15) is 34.8 Å². The zero-order valence-electron chi connectivity index (χ0n) is 11.6. The SMILES string of the molecule is O=C(O)c1cccc(-c2nccnc2C2CCCNC2)c1. The average Bonchev–Trinajstić information content (AvgIpc) is 2.56. The number of benzene rings is 1. The number of hydrogen-bond acceptors (Lipinski definition) is 4. The molecule has 2 heterocycles. The van der Waals surface area contributed by atoms with Gasteiger partial charge < -0.3 is 10.4 Å². The molecule has 1 atom stereocenters. The van der Waals surface area contributed by atoms with Gasteiger partial charge in [-0.25, -0.2) is 4.79 Å². The van der Waals surface area contributed by atoms with Gasteiger partial charge in [-0.1, -0.05) is 12.1 Å². The highest BCUT2D eigenvalue weighted by Crippen LogP contribution is 2.29. The number of carbonyl (C=O) groups is 1. The summed E-state index contributed by atoms with van der Waals surface area (Å²) in [5.74, 6) is -0.599. The van der Waals surface area contributed by atoms with Gasteiger partial charge in [0.15, 0.2) is 0 Å². The van der Waals surface area contributed by atoms with Crippen molar-refractivity contribution < 1.29 is 9.90 Å². The highest BCUT2D eigenvalue weighted by Gasteiger charge is 2.21. The van der Waals surface area contributed by atoms with Gasteiger partial charge in [0, 0.05) is 30.4 Å². The van der Waals surface area contributed by atoms with Gasteiger partial charge in [-0.05, 0) is 31.5 Å². The molecule has 108 valence electrons. The lowest BCUT2D eigenvalue weighted by Gasteiger charge is -2.23. The van der Waals surface area contributed by atoms with E-state index in [4.69, 9.17) is 5.11 Å². The molecule has 1 unspecified atom stereocenters. The monoisotopic (exact) mass is 283 g/mol. The van der Waals surface area contributed by atoms with E-state index in [0.29, 0.717) is 5.92 Å². The van der Waals surface area contributed by atoms with E-state index in [2.05, 4.69) is 15.3 Å². The van der Waals surface area contributed by atoms with E-state index >= 15 is 0 Å². The molecular weight excluding hydrogens is 266 g/mol. The van der Waals surface area contributed by atoms with Crippen LogP contribution in [0, 0.1) is 0 Å². The largest absolute Gasteiger partial charge is 0.478 e. The van der Waals surface area contributed by atoms with Crippen LogP contribution in [0.4, 0.5) is 0 Å². The number of hydrogen-bond donors (Lipinski definition) is 2. The summed E-state index contributed by atoms with van der Waals surface area (Å²) in [6.07, 6.45) is 5.56. The fourth-order valence-corrected chi connectivity index (χ4v) is 2.75. The molecule has 1 aliphatic heterocycles. The molecule has 21 heavy (non-hydrogen) atoms. The molecule has 0 aliphatic carbocycles. The summed E-state index contributed by atoms with van der Waals surface area (Å²) in [6, 6.07) is 6.88. The third-order valence-electron chi connectivity index (χ3n) is 3.79. The molecule has 0 spiro atoms. The van der Waals surface area contributed by atoms with Gasteiger partial charge in [0.25, 0.3) is 0 Å². The molecule has 5 nitrogen and oxygen atoms in total. The van der Waals surface area contributed by atoms with Gasteiger partial charge in [-0.2, -0.15) is 0 Å². The Morgan fingerprint density at radius 3 is 2.90 bits per heavy atom. The van der Waals surface area contributed by atoms with Crippen LogP contribution >= 0.6 is 0 Å². The number of nitrogens with one attached hydrogen (secondary N) is 1. The molecule has 2 aromatic rings. The minimum atomic E-state index is -0.929. The molecule has 5 heteroatoms. The molecule has 1 aromatic heterocycles. The minimum Gasteiger partial charge on any atom is -0.478 e. The van der Waals surface area contributed by atoms with Crippen LogP contribution in [0.15, 0.2) is 36.7 Å². The normalized spacial score (nSPS) is 18.4. The second kappa shape index (κ2) is 6.01. The van der Waals surface area contributed by atoms with Crippen molar-refractivity contribution in [2.45, 2.75) is 18.8 Å². The first kappa shape index (κ1) is 13.7. The summed E-state index contributed by atoms with van der Waals surface area (Å²) in [5.41, 5.74) is 2.82. The first-order valence-corrected chi connectivity index (χ1v) is 7.11. The number of carboxylic acids is 1. The number of nitrogens with zero attached hydrogens (tertiary/aromatic N) is 2. The molecule has 3 rings (SSSR count). The smallest absolute Gasteiger partial charge is 0.335 e. The number of aromatic nitrogens is 2. The summed E-state index contributed by atoms with van der Waals surface area (Å²) in [5, 5.41) is 12.5. The zero-order valence-corrected chi connectivity index (χ0v) is 11.6. The molecule has 1 aliphatic rings. The summed E-state index contributed by atoms with van der Waals surface area (Å²) in [6.45, 7) is 1.94. The Bertz CT molecular complexity index is 651. The lowest BCUT2D eigenvalue weighted by atomic mass is 9.92. The standard InChI is InChI=1S/C16H17N3O2/c20-16(21)12-4-1-3-11(9-12)14-15(19-8-7-18-14)13-5-2-6-17-10-13/h1,3-4,7-9,13,17H,2,5-6,10H2,(H,20,21). The van der Waals surface area contributed by atoms with E-state index in [-0.39, 0.29) is 5.56 Å². The Morgan fingerprint density at radius 2 is 2.14 bits per heavy atom. The van der Waals surface area contributed by atoms with Gasteiger partial charge in [0.1, 0.15) is 0 Å². The van der Waals surface area contributed by atoms with Crippen molar-refractivity contribution in [3.05, 3.63) is 47.9 Å². The Balaban J connectivity index is 2.02. The molecule has 0 bridgehead atoms. The third-order valence-corrected chi connectivity index (χ3v) is 3.79.